The van der Waals surface area contributed by atoms with Crippen molar-refractivity contribution in [3.63, 3.8) is 0 Å². The highest BCUT2D eigenvalue weighted by Gasteiger charge is 2.27. The number of aryl methyl sites for hydroxylation is 1. The first-order chi connectivity index (χ1) is 10.1. The highest BCUT2D eigenvalue weighted by atomic mass is 16.5. The fraction of sp³-hybridized carbons (Fsp3) is 0.615. The molecule has 1 atom stereocenters. The first kappa shape index (κ1) is 14.0. The van der Waals surface area contributed by atoms with Crippen LogP contribution in [0.1, 0.15) is 18.3 Å². The summed E-state index contributed by atoms with van der Waals surface area (Å²) >= 11 is 0. The third kappa shape index (κ3) is 2.64. The van der Waals surface area contributed by atoms with Crippen molar-refractivity contribution in [3.05, 3.63) is 12.0 Å². The van der Waals surface area contributed by atoms with Gasteiger partial charge in [0.15, 0.2) is 5.82 Å². The van der Waals surface area contributed by atoms with Gasteiger partial charge in [0.05, 0.1) is 12.2 Å². The lowest BCUT2D eigenvalue weighted by molar-refractivity contribution is 0.215. The van der Waals surface area contributed by atoms with Crippen molar-refractivity contribution in [1.82, 2.24) is 29.7 Å². The van der Waals surface area contributed by atoms with E-state index in [0.29, 0.717) is 23.1 Å². The molecule has 0 aliphatic carbocycles. The van der Waals surface area contributed by atoms with E-state index in [-0.39, 0.29) is 6.04 Å². The van der Waals surface area contributed by atoms with Gasteiger partial charge in [0.25, 0.3) is 5.89 Å². The predicted molar refractivity (Wildman–Crippen MR) is 78.4 cm³/mol. The van der Waals surface area contributed by atoms with Crippen LogP contribution < -0.4 is 5.73 Å². The van der Waals surface area contributed by atoms with E-state index < -0.39 is 0 Å². The van der Waals surface area contributed by atoms with Gasteiger partial charge in [0.1, 0.15) is 11.4 Å². The molecule has 8 nitrogen and oxygen atoms in total. The number of nitrogen functional groups attached to an aromatic ring is 1. The van der Waals surface area contributed by atoms with Crippen LogP contribution in [0.3, 0.4) is 0 Å². The lowest BCUT2D eigenvalue weighted by Crippen LogP contribution is -2.31. The fourth-order valence-electron chi connectivity index (χ4n) is 2.64. The normalized spacial score (nSPS) is 21.6. The summed E-state index contributed by atoms with van der Waals surface area (Å²) in [5.74, 6) is 1.65. The summed E-state index contributed by atoms with van der Waals surface area (Å²) in [7, 11) is 5.99. The molecule has 0 spiro atoms. The summed E-state index contributed by atoms with van der Waals surface area (Å²) in [5, 5.41) is 8.25. The smallest absolute Gasteiger partial charge is 0.263 e. The fourth-order valence-corrected chi connectivity index (χ4v) is 2.64. The van der Waals surface area contributed by atoms with Crippen LogP contribution >= 0.6 is 0 Å². The molecule has 3 rings (SSSR count). The summed E-state index contributed by atoms with van der Waals surface area (Å²) in [6.45, 7) is 2.99. The third-order valence-electron chi connectivity index (χ3n) is 4.02. The van der Waals surface area contributed by atoms with E-state index in [9.17, 15) is 0 Å². The number of nitrogens with two attached hydrogens (primary N) is 1. The summed E-state index contributed by atoms with van der Waals surface area (Å²) in [4.78, 5) is 9.09. The Hall–Kier alpha value is -1.93. The summed E-state index contributed by atoms with van der Waals surface area (Å²) in [5.41, 5.74) is 6.63. The average Bonchev–Trinajstić information content (AvgIpc) is 3.00. The van der Waals surface area contributed by atoms with Crippen molar-refractivity contribution in [1.29, 1.82) is 0 Å². The molecule has 1 saturated heterocycles. The molecular weight excluding hydrogens is 270 g/mol. The Kier molecular flexibility index (Phi) is 3.64. The Morgan fingerprint density at radius 1 is 1.29 bits per heavy atom. The molecule has 0 amide bonds. The van der Waals surface area contributed by atoms with Gasteiger partial charge in [-0.2, -0.15) is 10.1 Å². The minimum Gasteiger partial charge on any atom is -0.383 e. The lowest BCUT2D eigenvalue weighted by atomic mass is 10.2. The van der Waals surface area contributed by atoms with Gasteiger partial charge < -0.3 is 15.2 Å². The van der Waals surface area contributed by atoms with Crippen LogP contribution in [0.2, 0.25) is 0 Å². The lowest BCUT2D eigenvalue weighted by Gasteiger charge is -2.24. The van der Waals surface area contributed by atoms with Crippen LogP contribution in [0, 0.1) is 0 Å². The zero-order valence-electron chi connectivity index (χ0n) is 12.7. The Bertz CT molecular complexity index is 620. The first-order valence-electron chi connectivity index (χ1n) is 7.06. The zero-order chi connectivity index (χ0) is 15.0. The maximum atomic E-state index is 5.95. The largest absolute Gasteiger partial charge is 0.383 e. The van der Waals surface area contributed by atoms with E-state index in [4.69, 9.17) is 10.3 Å². The molecule has 8 heteroatoms. The van der Waals surface area contributed by atoms with E-state index in [1.54, 1.807) is 17.9 Å². The number of rotatable bonds is 2. The second kappa shape index (κ2) is 5.45. The minimum absolute atomic E-state index is 0.132. The molecule has 21 heavy (non-hydrogen) atoms. The van der Waals surface area contributed by atoms with Gasteiger partial charge in [-0.05, 0) is 33.6 Å². The van der Waals surface area contributed by atoms with Gasteiger partial charge in [-0.15, -0.1) is 0 Å². The van der Waals surface area contributed by atoms with Crippen LogP contribution in [0.4, 0.5) is 5.82 Å². The molecule has 114 valence electrons. The van der Waals surface area contributed by atoms with Gasteiger partial charge in [-0.1, -0.05) is 5.16 Å². The maximum Gasteiger partial charge on any atom is 0.263 e. The van der Waals surface area contributed by atoms with Gasteiger partial charge in [0, 0.05) is 13.6 Å². The Morgan fingerprint density at radius 3 is 2.81 bits per heavy atom. The van der Waals surface area contributed by atoms with Gasteiger partial charge in [0.2, 0.25) is 0 Å². The SMILES string of the molecule is CN1CCCN(C)C(c2noc(-c3cnn(C)c3N)n2)C1. The minimum atomic E-state index is 0.132. The first-order valence-corrected chi connectivity index (χ1v) is 7.06. The molecule has 0 saturated carbocycles. The van der Waals surface area contributed by atoms with E-state index >= 15 is 0 Å². The predicted octanol–water partition coefficient (Wildman–Crippen LogP) is 0.361. The second-order valence-corrected chi connectivity index (χ2v) is 5.64. The van der Waals surface area contributed by atoms with Crippen molar-refractivity contribution in [2.45, 2.75) is 12.5 Å². The molecule has 1 aliphatic rings. The standard InChI is InChI=1S/C13H21N7O/c1-18-5-4-6-19(2)10(8-18)12-16-13(21-17-12)9-7-15-20(3)11(9)14/h7,10H,4-6,8,14H2,1-3H3. The van der Waals surface area contributed by atoms with Crippen molar-refractivity contribution in [2.75, 3.05) is 39.5 Å². The van der Waals surface area contributed by atoms with Crippen LogP contribution in [-0.2, 0) is 7.05 Å². The quantitative estimate of drug-likeness (QED) is 0.854. The monoisotopic (exact) mass is 291 g/mol. The van der Waals surface area contributed by atoms with Crippen LogP contribution in [0.25, 0.3) is 11.5 Å². The van der Waals surface area contributed by atoms with E-state index in [1.165, 1.54) is 0 Å². The van der Waals surface area contributed by atoms with E-state index in [1.807, 2.05) is 0 Å². The molecule has 1 aliphatic heterocycles. The van der Waals surface area contributed by atoms with Crippen molar-refractivity contribution < 1.29 is 4.52 Å². The number of hydrogen-bond acceptors (Lipinski definition) is 7. The van der Waals surface area contributed by atoms with E-state index in [0.717, 1.165) is 26.1 Å². The van der Waals surface area contributed by atoms with Crippen LogP contribution in [-0.4, -0.2) is 63.5 Å². The summed E-state index contributed by atoms with van der Waals surface area (Å²) in [6.07, 6.45) is 2.79. The number of likely N-dealkylation sites (N-methyl/N-ethyl adjacent to an activating group) is 2. The second-order valence-electron chi connectivity index (χ2n) is 5.64. The Balaban J connectivity index is 1.88. The maximum absolute atomic E-state index is 5.95. The Labute approximate surface area is 123 Å². The van der Waals surface area contributed by atoms with Crippen molar-refractivity contribution in [3.8, 4) is 11.5 Å². The average molecular weight is 291 g/mol. The molecule has 2 aromatic rings. The zero-order valence-corrected chi connectivity index (χ0v) is 12.7. The third-order valence-corrected chi connectivity index (χ3v) is 4.02. The molecule has 0 radical (unpaired) electrons. The summed E-state index contributed by atoms with van der Waals surface area (Å²) in [6, 6.07) is 0.132. The molecule has 3 heterocycles. The molecule has 2 N–H and O–H groups in total. The number of anilines is 1. The summed E-state index contributed by atoms with van der Waals surface area (Å²) < 4.78 is 6.97. The molecular formula is C13H21N7O. The number of nitrogens with zero attached hydrogens (tertiary/aromatic N) is 6. The van der Waals surface area contributed by atoms with Gasteiger partial charge >= 0.3 is 0 Å². The number of aromatic nitrogens is 4. The molecule has 0 aromatic carbocycles. The highest BCUT2D eigenvalue weighted by Crippen LogP contribution is 2.26. The molecule has 0 bridgehead atoms. The van der Waals surface area contributed by atoms with Crippen molar-refractivity contribution >= 4 is 5.82 Å². The molecule has 2 aromatic heterocycles. The highest BCUT2D eigenvalue weighted by molar-refractivity contribution is 5.66. The Morgan fingerprint density at radius 2 is 2.10 bits per heavy atom. The number of hydrogen-bond donors (Lipinski definition) is 1. The van der Waals surface area contributed by atoms with Gasteiger partial charge in [-0.3, -0.25) is 9.58 Å². The van der Waals surface area contributed by atoms with Crippen LogP contribution in [0.5, 0.6) is 0 Å². The van der Waals surface area contributed by atoms with Crippen LogP contribution in [0.15, 0.2) is 10.7 Å². The molecule has 1 fully saturated rings. The topological polar surface area (TPSA) is 89.2 Å². The van der Waals surface area contributed by atoms with Gasteiger partial charge in [-0.25, -0.2) is 0 Å². The molecule has 1 unspecified atom stereocenters. The van der Waals surface area contributed by atoms with Crippen molar-refractivity contribution in [2.24, 2.45) is 7.05 Å². The van der Waals surface area contributed by atoms with E-state index in [2.05, 4.69) is 39.1 Å².